The minimum atomic E-state index is 0.380. The van der Waals surface area contributed by atoms with E-state index in [9.17, 15) is 0 Å². The zero-order valence-electron chi connectivity index (χ0n) is 13.3. The Morgan fingerprint density at radius 3 is 2.72 bits per heavy atom. The summed E-state index contributed by atoms with van der Waals surface area (Å²) >= 11 is 5.26. The first-order chi connectivity index (χ1) is 12.2. The second-order valence-electron chi connectivity index (χ2n) is 5.39. The molecule has 7 nitrogen and oxygen atoms in total. The highest BCUT2D eigenvalue weighted by Crippen LogP contribution is 2.22. The minimum Gasteiger partial charge on any atom is -0.460 e. The fraction of sp³-hybridized carbons (Fsp3) is 0.0588. The number of hydrogen-bond acceptors (Lipinski definition) is 5. The molecule has 0 saturated carbocycles. The van der Waals surface area contributed by atoms with Crippen LogP contribution in [0.2, 0.25) is 0 Å². The van der Waals surface area contributed by atoms with E-state index >= 15 is 0 Å². The summed E-state index contributed by atoms with van der Waals surface area (Å²) in [5.74, 6) is 2.00. The van der Waals surface area contributed by atoms with Crippen molar-refractivity contribution in [1.82, 2.24) is 25.1 Å². The number of rotatable bonds is 4. The predicted molar refractivity (Wildman–Crippen MR) is 96.9 cm³/mol. The van der Waals surface area contributed by atoms with Gasteiger partial charge in [0.1, 0.15) is 17.2 Å². The van der Waals surface area contributed by atoms with Crippen LogP contribution in [0.1, 0.15) is 11.5 Å². The Morgan fingerprint density at radius 2 is 1.96 bits per heavy atom. The van der Waals surface area contributed by atoms with Crippen molar-refractivity contribution in [3.05, 3.63) is 64.8 Å². The molecule has 2 N–H and O–H groups in total. The quantitative estimate of drug-likeness (QED) is 0.433. The molecule has 124 valence electrons. The van der Waals surface area contributed by atoms with Crippen LogP contribution >= 0.6 is 12.2 Å². The van der Waals surface area contributed by atoms with E-state index in [-0.39, 0.29) is 0 Å². The van der Waals surface area contributed by atoms with E-state index in [1.54, 1.807) is 6.21 Å². The van der Waals surface area contributed by atoms with Gasteiger partial charge in [0.25, 0.3) is 0 Å². The molecule has 0 aliphatic heterocycles. The normalized spacial score (nSPS) is 11.4. The molecule has 0 aliphatic carbocycles. The molecule has 1 aromatic carbocycles. The Labute approximate surface area is 148 Å². The van der Waals surface area contributed by atoms with Gasteiger partial charge in [0.15, 0.2) is 0 Å². The number of benzene rings is 1. The van der Waals surface area contributed by atoms with E-state index in [1.807, 2.05) is 55.5 Å². The number of H-pyrrole nitrogens is 2. The summed E-state index contributed by atoms with van der Waals surface area (Å²) in [4.78, 5) is 0. The van der Waals surface area contributed by atoms with Gasteiger partial charge < -0.3 is 4.42 Å². The van der Waals surface area contributed by atoms with Crippen LogP contribution in [0.25, 0.3) is 22.8 Å². The molecule has 0 bridgehead atoms. The lowest BCUT2D eigenvalue weighted by Gasteiger charge is -1.96. The first kappa shape index (κ1) is 15.3. The maximum absolute atomic E-state index is 5.48. The third-order valence-electron chi connectivity index (χ3n) is 3.60. The van der Waals surface area contributed by atoms with E-state index in [1.165, 1.54) is 4.68 Å². The van der Waals surface area contributed by atoms with Gasteiger partial charge in [-0.2, -0.15) is 20.0 Å². The number of nitrogens with one attached hydrogen (secondary N) is 2. The number of aromatic nitrogens is 5. The third-order valence-corrected chi connectivity index (χ3v) is 3.86. The zero-order chi connectivity index (χ0) is 17.2. The largest absolute Gasteiger partial charge is 0.460 e. The lowest BCUT2D eigenvalue weighted by molar-refractivity contribution is 0.527. The Kier molecular flexibility index (Phi) is 3.87. The van der Waals surface area contributed by atoms with Crippen LogP contribution in [0, 0.1) is 11.7 Å². The van der Waals surface area contributed by atoms with Crippen molar-refractivity contribution in [2.24, 2.45) is 5.10 Å². The summed E-state index contributed by atoms with van der Waals surface area (Å²) in [7, 11) is 0. The van der Waals surface area contributed by atoms with Gasteiger partial charge in [-0.25, -0.2) is 5.10 Å². The smallest absolute Gasteiger partial charge is 0.216 e. The fourth-order valence-electron chi connectivity index (χ4n) is 2.40. The van der Waals surface area contributed by atoms with Gasteiger partial charge in [-0.15, -0.1) is 0 Å². The van der Waals surface area contributed by atoms with Crippen LogP contribution in [0.5, 0.6) is 0 Å². The van der Waals surface area contributed by atoms with Crippen molar-refractivity contribution >= 4 is 18.4 Å². The molecule has 3 aromatic heterocycles. The standard InChI is InChI=1S/C17H14N6OS/c1-11-7-8-13(24-11)10-18-23-16(21-22-17(23)25)15-9-14(19-20-15)12-5-3-2-4-6-12/h2-10H,1H3,(H,19,20)(H,22,25)/b18-10+. The highest BCUT2D eigenvalue weighted by molar-refractivity contribution is 7.71. The Morgan fingerprint density at radius 1 is 1.12 bits per heavy atom. The van der Waals surface area contributed by atoms with Gasteiger partial charge in [0.05, 0.1) is 11.9 Å². The molecule has 0 spiro atoms. The maximum atomic E-state index is 5.48. The van der Waals surface area contributed by atoms with E-state index in [2.05, 4.69) is 25.5 Å². The number of aryl methyl sites for hydroxylation is 1. The second kappa shape index (κ2) is 6.33. The molecule has 25 heavy (non-hydrogen) atoms. The lowest BCUT2D eigenvalue weighted by atomic mass is 10.1. The first-order valence-electron chi connectivity index (χ1n) is 7.60. The van der Waals surface area contributed by atoms with Crippen LogP contribution in [-0.4, -0.2) is 31.3 Å². The molecule has 4 rings (SSSR count). The number of furan rings is 1. The molecule has 8 heteroatoms. The molecule has 0 radical (unpaired) electrons. The molecule has 0 unspecified atom stereocenters. The van der Waals surface area contributed by atoms with Crippen molar-refractivity contribution < 1.29 is 4.42 Å². The fourth-order valence-corrected chi connectivity index (χ4v) is 2.58. The first-order valence-corrected chi connectivity index (χ1v) is 8.01. The van der Waals surface area contributed by atoms with Crippen LogP contribution in [0.15, 0.2) is 58.0 Å². The van der Waals surface area contributed by atoms with E-state index in [4.69, 9.17) is 16.6 Å². The van der Waals surface area contributed by atoms with Crippen molar-refractivity contribution in [2.75, 3.05) is 0 Å². The highest BCUT2D eigenvalue weighted by atomic mass is 32.1. The molecule has 3 heterocycles. The molecule has 0 atom stereocenters. The molecule has 4 aromatic rings. The summed E-state index contributed by atoms with van der Waals surface area (Å²) in [6.45, 7) is 1.88. The summed E-state index contributed by atoms with van der Waals surface area (Å²) < 4.78 is 7.39. The molecule has 0 fully saturated rings. The van der Waals surface area contributed by atoms with Gasteiger partial charge in [0.2, 0.25) is 10.6 Å². The average molecular weight is 350 g/mol. The van der Waals surface area contributed by atoms with Gasteiger partial charge in [-0.3, -0.25) is 5.10 Å². The van der Waals surface area contributed by atoms with E-state index in [0.717, 1.165) is 17.0 Å². The van der Waals surface area contributed by atoms with Crippen LogP contribution in [-0.2, 0) is 0 Å². The second-order valence-corrected chi connectivity index (χ2v) is 5.78. The minimum absolute atomic E-state index is 0.380. The molecular formula is C17H14N6OS. The van der Waals surface area contributed by atoms with Gasteiger partial charge >= 0.3 is 0 Å². The average Bonchev–Trinajstić information content (AvgIpc) is 3.34. The van der Waals surface area contributed by atoms with E-state index < -0.39 is 0 Å². The number of nitrogens with zero attached hydrogens (tertiary/aromatic N) is 4. The molecule has 0 amide bonds. The van der Waals surface area contributed by atoms with Crippen molar-refractivity contribution in [3.8, 4) is 22.8 Å². The van der Waals surface area contributed by atoms with Gasteiger partial charge in [-0.1, -0.05) is 30.3 Å². The Bertz CT molecular complexity index is 1090. The van der Waals surface area contributed by atoms with Crippen LogP contribution in [0.3, 0.4) is 0 Å². The van der Waals surface area contributed by atoms with Gasteiger partial charge in [0, 0.05) is 5.56 Å². The monoisotopic (exact) mass is 350 g/mol. The molecular weight excluding hydrogens is 336 g/mol. The highest BCUT2D eigenvalue weighted by Gasteiger charge is 2.12. The third kappa shape index (κ3) is 3.07. The SMILES string of the molecule is Cc1ccc(/C=N/n2c(-c3cc(-c4ccccc4)n[nH]3)n[nH]c2=S)o1. The number of hydrogen-bond donors (Lipinski definition) is 2. The van der Waals surface area contributed by atoms with Crippen molar-refractivity contribution in [3.63, 3.8) is 0 Å². The number of aromatic amines is 2. The molecule has 0 aliphatic rings. The predicted octanol–water partition coefficient (Wildman–Crippen LogP) is 3.78. The van der Waals surface area contributed by atoms with E-state index in [0.29, 0.717) is 22.0 Å². The topological polar surface area (TPSA) is 87.8 Å². The molecule has 0 saturated heterocycles. The lowest BCUT2D eigenvalue weighted by Crippen LogP contribution is -1.94. The van der Waals surface area contributed by atoms with Crippen LogP contribution < -0.4 is 0 Å². The van der Waals surface area contributed by atoms with Gasteiger partial charge in [-0.05, 0) is 37.3 Å². The summed E-state index contributed by atoms with van der Waals surface area (Å²) in [5.41, 5.74) is 2.54. The Balaban J connectivity index is 1.69. The van der Waals surface area contributed by atoms with Crippen LogP contribution in [0.4, 0.5) is 0 Å². The summed E-state index contributed by atoms with van der Waals surface area (Å²) in [6.07, 6.45) is 1.59. The zero-order valence-corrected chi connectivity index (χ0v) is 14.1. The summed E-state index contributed by atoms with van der Waals surface area (Å²) in [6, 6.07) is 15.5. The Hall–Kier alpha value is -3.26. The maximum Gasteiger partial charge on any atom is 0.216 e. The van der Waals surface area contributed by atoms with Crippen molar-refractivity contribution in [2.45, 2.75) is 6.92 Å². The van der Waals surface area contributed by atoms with Crippen molar-refractivity contribution in [1.29, 1.82) is 0 Å². The summed E-state index contributed by atoms with van der Waals surface area (Å²) in [5, 5.41) is 18.7.